The molecule has 1 aromatic heterocycles. The van der Waals surface area contributed by atoms with Crippen LogP contribution in [0.4, 0.5) is 0 Å². The maximum absolute atomic E-state index is 12.3. The summed E-state index contributed by atoms with van der Waals surface area (Å²) in [5, 5.41) is 13.8. The summed E-state index contributed by atoms with van der Waals surface area (Å²) in [6.07, 6.45) is 1.54. The standard InChI is InChI=1S/C20H19N3O3S/c1-12-8-14(9-13(2)19(12)24)11-21-22-20(25)18-10-16(23-27-18)15-6-4-5-7-17(15)26-3/h4-11,24H,1-3H3,(H,22,25)/b21-11+. The fraction of sp³-hybridized carbons (Fsp3) is 0.150. The number of phenols is 1. The van der Waals surface area contributed by atoms with Crippen molar-refractivity contribution in [2.45, 2.75) is 13.8 Å². The van der Waals surface area contributed by atoms with E-state index < -0.39 is 0 Å². The number of para-hydroxylation sites is 1. The Morgan fingerprint density at radius 3 is 2.63 bits per heavy atom. The van der Waals surface area contributed by atoms with Crippen molar-refractivity contribution in [1.82, 2.24) is 9.80 Å². The first-order chi connectivity index (χ1) is 13.0. The number of amides is 1. The Labute approximate surface area is 161 Å². The third kappa shape index (κ3) is 4.15. The van der Waals surface area contributed by atoms with Gasteiger partial charge in [-0.15, -0.1) is 0 Å². The van der Waals surface area contributed by atoms with Crippen LogP contribution in [0.2, 0.25) is 0 Å². The number of hydrogen-bond acceptors (Lipinski definition) is 6. The zero-order valence-electron chi connectivity index (χ0n) is 15.2. The number of carbonyl (C=O) groups is 1. The predicted molar refractivity (Wildman–Crippen MR) is 107 cm³/mol. The topological polar surface area (TPSA) is 83.8 Å². The van der Waals surface area contributed by atoms with E-state index in [-0.39, 0.29) is 11.7 Å². The minimum Gasteiger partial charge on any atom is -0.507 e. The first-order valence-corrected chi connectivity index (χ1v) is 9.00. The molecule has 0 aliphatic heterocycles. The number of hydrazone groups is 1. The number of rotatable bonds is 5. The highest BCUT2D eigenvalue weighted by Gasteiger charge is 2.13. The second-order valence-corrected chi connectivity index (χ2v) is 6.78. The molecule has 0 spiro atoms. The molecule has 0 aliphatic carbocycles. The Kier molecular flexibility index (Phi) is 5.52. The summed E-state index contributed by atoms with van der Waals surface area (Å²) >= 11 is 1.10. The van der Waals surface area contributed by atoms with Gasteiger partial charge in [0.25, 0.3) is 5.91 Å². The second-order valence-electron chi connectivity index (χ2n) is 5.98. The van der Waals surface area contributed by atoms with Gasteiger partial charge in [-0.2, -0.15) is 9.47 Å². The summed E-state index contributed by atoms with van der Waals surface area (Å²) in [5.74, 6) is 0.632. The molecule has 0 atom stereocenters. The molecule has 3 aromatic rings. The fourth-order valence-electron chi connectivity index (χ4n) is 2.65. The van der Waals surface area contributed by atoms with Gasteiger partial charge in [0.05, 0.1) is 19.0 Å². The second kappa shape index (κ2) is 8.01. The molecule has 0 unspecified atom stereocenters. The van der Waals surface area contributed by atoms with Crippen molar-refractivity contribution in [3.63, 3.8) is 0 Å². The van der Waals surface area contributed by atoms with E-state index in [2.05, 4.69) is 14.9 Å². The number of nitrogens with one attached hydrogen (secondary N) is 1. The van der Waals surface area contributed by atoms with Crippen molar-refractivity contribution in [2.24, 2.45) is 5.10 Å². The average molecular weight is 381 g/mol. The summed E-state index contributed by atoms with van der Waals surface area (Å²) in [6.45, 7) is 3.63. The van der Waals surface area contributed by atoms with Gasteiger partial charge in [0.1, 0.15) is 16.4 Å². The van der Waals surface area contributed by atoms with Gasteiger partial charge >= 0.3 is 0 Å². The van der Waals surface area contributed by atoms with Gasteiger partial charge in [0.15, 0.2) is 0 Å². The summed E-state index contributed by atoms with van der Waals surface area (Å²) in [6, 6.07) is 12.8. The average Bonchev–Trinajstić information content (AvgIpc) is 3.16. The number of benzene rings is 2. The minimum atomic E-state index is -0.336. The highest BCUT2D eigenvalue weighted by atomic mass is 32.1. The Bertz CT molecular complexity index is 988. The van der Waals surface area contributed by atoms with E-state index in [1.165, 1.54) is 0 Å². The Morgan fingerprint density at radius 2 is 1.93 bits per heavy atom. The molecular formula is C20H19N3O3S. The van der Waals surface area contributed by atoms with E-state index in [0.717, 1.165) is 33.8 Å². The molecule has 0 bridgehead atoms. The van der Waals surface area contributed by atoms with Gasteiger partial charge in [0.2, 0.25) is 0 Å². The lowest BCUT2D eigenvalue weighted by Crippen LogP contribution is -2.16. The monoisotopic (exact) mass is 381 g/mol. The van der Waals surface area contributed by atoms with Crippen LogP contribution in [0.3, 0.4) is 0 Å². The quantitative estimate of drug-likeness (QED) is 0.518. The first-order valence-electron chi connectivity index (χ1n) is 8.23. The van der Waals surface area contributed by atoms with Crippen LogP contribution in [-0.4, -0.2) is 28.7 Å². The van der Waals surface area contributed by atoms with E-state index in [1.54, 1.807) is 31.5 Å². The lowest BCUT2D eigenvalue weighted by molar-refractivity contribution is 0.0959. The number of carbonyl (C=O) groups excluding carboxylic acids is 1. The van der Waals surface area contributed by atoms with Crippen molar-refractivity contribution in [2.75, 3.05) is 7.11 Å². The van der Waals surface area contributed by atoms with Gasteiger partial charge in [-0.25, -0.2) is 5.43 Å². The minimum absolute atomic E-state index is 0.268. The SMILES string of the molecule is COc1ccccc1-c1cc(C(=O)N/N=C/c2cc(C)c(O)c(C)c2)sn1. The van der Waals surface area contributed by atoms with Gasteiger partial charge < -0.3 is 9.84 Å². The molecule has 0 radical (unpaired) electrons. The number of aryl methyl sites for hydroxylation is 2. The third-order valence-corrected chi connectivity index (χ3v) is 4.80. The molecule has 1 heterocycles. The van der Waals surface area contributed by atoms with Crippen molar-refractivity contribution < 1.29 is 14.6 Å². The van der Waals surface area contributed by atoms with E-state index in [1.807, 2.05) is 38.1 Å². The van der Waals surface area contributed by atoms with E-state index in [4.69, 9.17) is 4.74 Å². The lowest BCUT2D eigenvalue weighted by Gasteiger charge is -2.04. The molecule has 7 heteroatoms. The van der Waals surface area contributed by atoms with Crippen LogP contribution in [0.5, 0.6) is 11.5 Å². The van der Waals surface area contributed by atoms with Crippen LogP contribution < -0.4 is 10.2 Å². The number of phenolic OH excluding ortho intramolecular Hbond substituents is 1. The van der Waals surface area contributed by atoms with Crippen LogP contribution in [0.15, 0.2) is 47.6 Å². The highest BCUT2D eigenvalue weighted by molar-refractivity contribution is 7.08. The number of aromatic hydroxyl groups is 1. The van der Waals surface area contributed by atoms with Crippen molar-refractivity contribution in [3.05, 3.63) is 64.0 Å². The van der Waals surface area contributed by atoms with Gasteiger partial charge in [-0.3, -0.25) is 4.79 Å². The number of nitrogens with zero attached hydrogens (tertiary/aromatic N) is 2. The molecule has 1 amide bonds. The normalized spacial score (nSPS) is 10.9. The van der Waals surface area contributed by atoms with Crippen molar-refractivity contribution in [3.8, 4) is 22.8 Å². The molecular weight excluding hydrogens is 362 g/mol. The summed E-state index contributed by atoms with van der Waals surface area (Å²) in [7, 11) is 1.60. The zero-order chi connectivity index (χ0) is 19.4. The van der Waals surface area contributed by atoms with E-state index in [0.29, 0.717) is 16.3 Å². The van der Waals surface area contributed by atoms with E-state index in [9.17, 15) is 9.90 Å². The van der Waals surface area contributed by atoms with Gasteiger partial charge in [-0.1, -0.05) is 12.1 Å². The van der Waals surface area contributed by atoms with Crippen molar-refractivity contribution in [1.29, 1.82) is 0 Å². The Morgan fingerprint density at radius 1 is 1.22 bits per heavy atom. The first kappa shape index (κ1) is 18.6. The summed E-state index contributed by atoms with van der Waals surface area (Å²) < 4.78 is 9.67. The summed E-state index contributed by atoms with van der Waals surface area (Å²) in [4.78, 5) is 12.7. The van der Waals surface area contributed by atoms with Crippen LogP contribution in [0.25, 0.3) is 11.3 Å². The molecule has 27 heavy (non-hydrogen) atoms. The number of aromatic nitrogens is 1. The van der Waals surface area contributed by atoms with Gasteiger partial charge in [0, 0.05) is 5.56 Å². The molecule has 0 saturated heterocycles. The molecule has 2 aromatic carbocycles. The van der Waals surface area contributed by atoms with Crippen LogP contribution in [0, 0.1) is 13.8 Å². The van der Waals surface area contributed by atoms with Crippen molar-refractivity contribution >= 4 is 23.7 Å². The maximum atomic E-state index is 12.3. The Balaban J connectivity index is 1.71. The number of hydrogen-bond donors (Lipinski definition) is 2. The molecule has 3 rings (SSSR count). The molecule has 6 nitrogen and oxygen atoms in total. The molecule has 2 N–H and O–H groups in total. The summed E-state index contributed by atoms with van der Waals surface area (Å²) in [5.41, 5.74) is 6.31. The smallest absolute Gasteiger partial charge is 0.283 e. The number of ether oxygens (including phenoxy) is 1. The van der Waals surface area contributed by atoms with Gasteiger partial charge in [-0.05, 0) is 72.4 Å². The third-order valence-electron chi connectivity index (χ3n) is 4.01. The zero-order valence-corrected chi connectivity index (χ0v) is 16.0. The molecule has 0 aliphatic rings. The highest BCUT2D eigenvalue weighted by Crippen LogP contribution is 2.30. The van der Waals surface area contributed by atoms with Crippen LogP contribution in [0.1, 0.15) is 26.4 Å². The largest absolute Gasteiger partial charge is 0.507 e. The van der Waals surface area contributed by atoms with E-state index >= 15 is 0 Å². The maximum Gasteiger partial charge on any atom is 0.283 e. The number of methoxy groups -OCH3 is 1. The predicted octanol–water partition coefficient (Wildman–Crippen LogP) is 3.91. The fourth-order valence-corrected chi connectivity index (χ4v) is 3.29. The molecule has 0 saturated carbocycles. The van der Waals surface area contributed by atoms with Crippen LogP contribution in [-0.2, 0) is 0 Å². The molecule has 138 valence electrons. The lowest BCUT2D eigenvalue weighted by atomic mass is 10.1. The molecule has 0 fully saturated rings. The Hall–Kier alpha value is -3.19. The van der Waals surface area contributed by atoms with Crippen LogP contribution >= 0.6 is 11.5 Å².